The average molecular weight is 281 g/mol. The van der Waals surface area contributed by atoms with Crippen LogP contribution in [0.25, 0.3) is 16.8 Å². The minimum atomic E-state index is 0.0345. The van der Waals surface area contributed by atoms with Gasteiger partial charge in [-0.05, 0) is 37.0 Å². The quantitative estimate of drug-likeness (QED) is 0.783. The van der Waals surface area contributed by atoms with Crippen molar-refractivity contribution >= 4 is 5.65 Å². The summed E-state index contributed by atoms with van der Waals surface area (Å²) in [4.78, 5) is 17.1. The molecule has 0 saturated heterocycles. The largest absolute Gasteiger partial charge is 0.497 e. The summed E-state index contributed by atoms with van der Waals surface area (Å²) in [5, 5.41) is 3.02. The van der Waals surface area contributed by atoms with Gasteiger partial charge in [-0.3, -0.25) is 9.89 Å². The Labute approximate surface area is 121 Å². The molecule has 0 amide bonds. The minimum absolute atomic E-state index is 0.0345. The highest BCUT2D eigenvalue weighted by molar-refractivity contribution is 5.77. The van der Waals surface area contributed by atoms with Crippen molar-refractivity contribution in [1.82, 2.24) is 14.6 Å². The van der Waals surface area contributed by atoms with Gasteiger partial charge in [0.15, 0.2) is 5.65 Å². The number of rotatable bonds is 2. The normalized spacial score (nSPS) is 13.6. The lowest BCUT2D eigenvalue weighted by Crippen LogP contribution is -2.20. The number of nitrogens with zero attached hydrogens (tertiary/aromatic N) is 2. The number of nitrogens with one attached hydrogen (secondary N) is 1. The Morgan fingerprint density at radius 2 is 2.05 bits per heavy atom. The van der Waals surface area contributed by atoms with E-state index in [9.17, 15) is 4.79 Å². The second-order valence-electron chi connectivity index (χ2n) is 5.27. The second kappa shape index (κ2) is 4.48. The van der Waals surface area contributed by atoms with Crippen molar-refractivity contribution in [3.8, 4) is 16.9 Å². The van der Waals surface area contributed by atoms with Gasteiger partial charge in [0.05, 0.1) is 12.8 Å². The van der Waals surface area contributed by atoms with Crippen molar-refractivity contribution in [1.29, 1.82) is 0 Å². The Morgan fingerprint density at radius 1 is 1.24 bits per heavy atom. The molecule has 0 fully saturated rings. The number of aromatic nitrogens is 3. The number of aromatic amines is 1. The van der Waals surface area contributed by atoms with Gasteiger partial charge in [-0.1, -0.05) is 12.1 Å². The highest BCUT2D eigenvalue weighted by Crippen LogP contribution is 2.26. The molecule has 106 valence electrons. The van der Waals surface area contributed by atoms with Crippen molar-refractivity contribution in [2.75, 3.05) is 7.11 Å². The highest BCUT2D eigenvalue weighted by atomic mass is 16.5. The van der Waals surface area contributed by atoms with E-state index in [2.05, 4.69) is 5.10 Å². The lowest BCUT2D eigenvalue weighted by molar-refractivity contribution is 0.415. The molecule has 0 radical (unpaired) electrons. The lowest BCUT2D eigenvalue weighted by atomic mass is 10.1. The molecule has 0 unspecified atom stereocenters. The predicted molar refractivity (Wildman–Crippen MR) is 79.8 cm³/mol. The molecule has 0 atom stereocenters. The molecule has 4 rings (SSSR count). The van der Waals surface area contributed by atoms with E-state index in [4.69, 9.17) is 9.72 Å². The summed E-state index contributed by atoms with van der Waals surface area (Å²) in [5.41, 5.74) is 4.49. The van der Waals surface area contributed by atoms with Crippen molar-refractivity contribution in [2.24, 2.45) is 0 Å². The van der Waals surface area contributed by atoms with E-state index >= 15 is 0 Å². The first-order chi connectivity index (χ1) is 10.3. The maximum atomic E-state index is 12.4. The SMILES string of the molecule is COc1ccc(-c2c[nH]n3c(=O)c4c(nc23)CCC4)cc1. The van der Waals surface area contributed by atoms with E-state index in [1.165, 1.54) is 0 Å². The summed E-state index contributed by atoms with van der Waals surface area (Å²) >= 11 is 0. The summed E-state index contributed by atoms with van der Waals surface area (Å²) in [5.74, 6) is 0.810. The average Bonchev–Trinajstić information content (AvgIpc) is 3.15. The van der Waals surface area contributed by atoms with Crippen LogP contribution in [0.3, 0.4) is 0 Å². The maximum Gasteiger partial charge on any atom is 0.276 e. The molecule has 5 nitrogen and oxygen atoms in total. The van der Waals surface area contributed by atoms with Crippen LogP contribution in [0.2, 0.25) is 0 Å². The van der Waals surface area contributed by atoms with Gasteiger partial charge in [-0.25, -0.2) is 9.50 Å². The van der Waals surface area contributed by atoms with Gasteiger partial charge in [-0.2, -0.15) is 0 Å². The minimum Gasteiger partial charge on any atom is -0.497 e. The van der Waals surface area contributed by atoms with Crippen LogP contribution in [0.1, 0.15) is 17.7 Å². The summed E-state index contributed by atoms with van der Waals surface area (Å²) in [7, 11) is 1.64. The van der Waals surface area contributed by atoms with Gasteiger partial charge in [0, 0.05) is 17.3 Å². The fourth-order valence-corrected chi connectivity index (χ4v) is 2.97. The molecule has 0 spiro atoms. The summed E-state index contributed by atoms with van der Waals surface area (Å²) in [6.07, 6.45) is 4.58. The van der Waals surface area contributed by atoms with Gasteiger partial charge in [-0.15, -0.1) is 0 Å². The number of methoxy groups -OCH3 is 1. The van der Waals surface area contributed by atoms with Crippen LogP contribution in [0.15, 0.2) is 35.3 Å². The number of hydrogen-bond donors (Lipinski definition) is 1. The van der Waals surface area contributed by atoms with Gasteiger partial charge in [0.25, 0.3) is 5.56 Å². The Bertz CT molecular complexity index is 875. The molecule has 2 heterocycles. The molecule has 1 aliphatic carbocycles. The topological polar surface area (TPSA) is 59.4 Å². The van der Waals surface area contributed by atoms with Crippen LogP contribution in [-0.4, -0.2) is 21.7 Å². The molecule has 2 aromatic heterocycles. The van der Waals surface area contributed by atoms with Crippen LogP contribution in [0.4, 0.5) is 0 Å². The number of fused-ring (bicyclic) bond motifs is 2. The second-order valence-corrected chi connectivity index (χ2v) is 5.27. The van der Waals surface area contributed by atoms with E-state index in [0.717, 1.165) is 47.4 Å². The molecule has 1 aliphatic rings. The van der Waals surface area contributed by atoms with Crippen LogP contribution in [0.5, 0.6) is 5.75 Å². The van der Waals surface area contributed by atoms with E-state index in [0.29, 0.717) is 5.65 Å². The molecule has 0 saturated carbocycles. The van der Waals surface area contributed by atoms with Gasteiger partial charge in [0.1, 0.15) is 5.75 Å². The van der Waals surface area contributed by atoms with Crippen LogP contribution >= 0.6 is 0 Å². The predicted octanol–water partition coefficient (Wildman–Crippen LogP) is 2.19. The summed E-state index contributed by atoms with van der Waals surface area (Å²) in [6.45, 7) is 0. The van der Waals surface area contributed by atoms with Crippen molar-refractivity contribution < 1.29 is 4.74 Å². The standard InChI is InChI=1S/C16H15N3O2/c1-21-11-7-5-10(6-8-11)13-9-17-19-15(13)18-14-4-2-3-12(14)16(19)20/h5-9,17H,2-4H2,1H3. The van der Waals surface area contributed by atoms with E-state index in [-0.39, 0.29) is 5.56 Å². The first kappa shape index (κ1) is 12.2. The maximum absolute atomic E-state index is 12.4. The Morgan fingerprint density at radius 3 is 2.81 bits per heavy atom. The zero-order valence-corrected chi connectivity index (χ0v) is 11.7. The first-order valence-corrected chi connectivity index (χ1v) is 7.04. The zero-order chi connectivity index (χ0) is 14.4. The fourth-order valence-electron chi connectivity index (χ4n) is 2.97. The molecule has 0 bridgehead atoms. The molecular weight excluding hydrogens is 266 g/mol. The number of benzene rings is 1. The van der Waals surface area contributed by atoms with Crippen LogP contribution < -0.4 is 10.3 Å². The van der Waals surface area contributed by atoms with Gasteiger partial charge in [0.2, 0.25) is 0 Å². The van der Waals surface area contributed by atoms with Crippen molar-refractivity contribution in [3.05, 3.63) is 52.1 Å². The van der Waals surface area contributed by atoms with Crippen LogP contribution in [-0.2, 0) is 12.8 Å². The van der Waals surface area contributed by atoms with E-state index in [1.807, 2.05) is 30.5 Å². The number of hydrogen-bond acceptors (Lipinski definition) is 3. The van der Waals surface area contributed by atoms with E-state index in [1.54, 1.807) is 11.6 Å². The highest BCUT2D eigenvalue weighted by Gasteiger charge is 2.20. The molecular formula is C16H15N3O2. The monoisotopic (exact) mass is 281 g/mol. The third kappa shape index (κ3) is 1.77. The van der Waals surface area contributed by atoms with Crippen molar-refractivity contribution in [2.45, 2.75) is 19.3 Å². The zero-order valence-electron chi connectivity index (χ0n) is 11.7. The smallest absolute Gasteiger partial charge is 0.276 e. The first-order valence-electron chi connectivity index (χ1n) is 7.04. The van der Waals surface area contributed by atoms with E-state index < -0.39 is 0 Å². The van der Waals surface area contributed by atoms with Crippen molar-refractivity contribution in [3.63, 3.8) is 0 Å². The van der Waals surface area contributed by atoms with Crippen LogP contribution in [0, 0.1) is 0 Å². The molecule has 21 heavy (non-hydrogen) atoms. The Kier molecular flexibility index (Phi) is 2.60. The molecule has 1 aromatic carbocycles. The Hall–Kier alpha value is -2.56. The van der Waals surface area contributed by atoms with Gasteiger partial charge < -0.3 is 4.74 Å². The lowest BCUT2D eigenvalue weighted by Gasteiger charge is -2.03. The molecule has 1 N–H and O–H groups in total. The number of ether oxygens (including phenoxy) is 1. The van der Waals surface area contributed by atoms with Gasteiger partial charge >= 0.3 is 0 Å². The Balaban J connectivity index is 1.93. The number of aryl methyl sites for hydroxylation is 1. The summed E-state index contributed by atoms with van der Waals surface area (Å²) in [6, 6.07) is 7.76. The molecule has 5 heteroatoms. The molecule has 3 aromatic rings. The number of H-pyrrole nitrogens is 1. The molecule has 0 aliphatic heterocycles. The third-order valence-electron chi connectivity index (χ3n) is 4.08. The third-order valence-corrected chi connectivity index (χ3v) is 4.08. The fraction of sp³-hybridized carbons (Fsp3) is 0.250. The summed E-state index contributed by atoms with van der Waals surface area (Å²) < 4.78 is 6.72.